The lowest BCUT2D eigenvalue weighted by Gasteiger charge is -2.31. The Hall–Kier alpha value is -1.61. The van der Waals surface area contributed by atoms with Crippen LogP contribution in [0.25, 0.3) is 0 Å². The molecule has 2 nitrogen and oxygen atoms in total. The molecule has 0 saturated carbocycles. The van der Waals surface area contributed by atoms with Crippen molar-refractivity contribution in [1.29, 1.82) is 0 Å². The minimum Gasteiger partial charge on any atom is -0.452 e. The second kappa shape index (κ2) is 4.82. The van der Waals surface area contributed by atoms with E-state index in [0.717, 1.165) is 16.7 Å². The van der Waals surface area contributed by atoms with Crippen LogP contribution in [0.1, 0.15) is 38.0 Å². The molecule has 1 aliphatic rings. The van der Waals surface area contributed by atoms with Crippen LogP contribution in [0.15, 0.2) is 48.5 Å². The molecule has 3 rings (SSSR count). The Labute approximate surface area is 120 Å². The van der Waals surface area contributed by atoms with E-state index in [1.807, 2.05) is 55.5 Å². The molecule has 0 spiro atoms. The molecular weight excluding hydrogens is 304 g/mol. The van der Waals surface area contributed by atoms with E-state index in [0.29, 0.717) is 5.56 Å². The molecule has 3 heteroatoms. The molecule has 19 heavy (non-hydrogen) atoms. The SMILES string of the molecule is Cc1cccc2c1[C@@H](Br)[C@H](c1ccccc1)OC2=O. The highest BCUT2D eigenvalue weighted by atomic mass is 79.9. The van der Waals surface area contributed by atoms with Crippen molar-refractivity contribution in [2.75, 3.05) is 0 Å². The number of hydrogen-bond acceptors (Lipinski definition) is 2. The van der Waals surface area contributed by atoms with Gasteiger partial charge in [-0.25, -0.2) is 4.79 Å². The van der Waals surface area contributed by atoms with E-state index in [4.69, 9.17) is 4.74 Å². The van der Waals surface area contributed by atoms with E-state index in [9.17, 15) is 4.79 Å². The number of aryl methyl sites for hydroxylation is 1. The summed E-state index contributed by atoms with van der Waals surface area (Å²) in [5.74, 6) is -0.247. The van der Waals surface area contributed by atoms with Crippen molar-refractivity contribution in [3.63, 3.8) is 0 Å². The molecule has 1 aliphatic heterocycles. The summed E-state index contributed by atoms with van der Waals surface area (Å²) in [6.45, 7) is 2.02. The van der Waals surface area contributed by atoms with E-state index in [2.05, 4.69) is 15.9 Å². The lowest BCUT2D eigenvalue weighted by molar-refractivity contribution is 0.0248. The maximum absolute atomic E-state index is 12.1. The third-order valence-electron chi connectivity index (χ3n) is 3.45. The molecule has 0 fully saturated rings. The summed E-state index contributed by atoms with van der Waals surface area (Å²) >= 11 is 3.69. The van der Waals surface area contributed by atoms with Gasteiger partial charge in [0.05, 0.1) is 10.4 Å². The Kier molecular flexibility index (Phi) is 3.15. The van der Waals surface area contributed by atoms with Crippen LogP contribution < -0.4 is 0 Å². The number of halogens is 1. The largest absolute Gasteiger partial charge is 0.452 e. The smallest absolute Gasteiger partial charge is 0.339 e. The van der Waals surface area contributed by atoms with E-state index < -0.39 is 0 Å². The normalized spacial score (nSPS) is 21.7. The lowest BCUT2D eigenvalue weighted by atomic mass is 9.91. The Morgan fingerprint density at radius 1 is 1.05 bits per heavy atom. The number of benzene rings is 2. The molecule has 96 valence electrons. The minimum absolute atomic E-state index is 0.0104. The first-order chi connectivity index (χ1) is 9.18. The maximum atomic E-state index is 12.1. The molecular formula is C16H13BrO2. The van der Waals surface area contributed by atoms with E-state index in [-0.39, 0.29) is 16.9 Å². The van der Waals surface area contributed by atoms with Crippen molar-refractivity contribution in [1.82, 2.24) is 0 Å². The van der Waals surface area contributed by atoms with Crippen LogP contribution in [0.2, 0.25) is 0 Å². The lowest BCUT2D eigenvalue weighted by Crippen LogP contribution is -2.24. The molecule has 0 aromatic heterocycles. The standard InChI is InChI=1S/C16H13BrO2/c1-10-6-5-9-12-13(10)14(17)15(19-16(12)18)11-7-3-2-4-8-11/h2-9,14-15H,1H3/t14-,15+/m1/s1. The summed E-state index contributed by atoms with van der Waals surface area (Å²) in [4.78, 5) is 12.1. The second-order valence-electron chi connectivity index (χ2n) is 4.67. The molecule has 0 bridgehead atoms. The van der Waals surface area contributed by atoms with Gasteiger partial charge < -0.3 is 4.74 Å². The highest BCUT2D eigenvalue weighted by Gasteiger charge is 2.35. The van der Waals surface area contributed by atoms with Gasteiger partial charge in [0, 0.05) is 0 Å². The van der Waals surface area contributed by atoms with E-state index in [1.165, 1.54) is 0 Å². The summed E-state index contributed by atoms with van der Waals surface area (Å²) < 4.78 is 5.58. The number of alkyl halides is 1. The van der Waals surface area contributed by atoms with Crippen molar-refractivity contribution in [2.24, 2.45) is 0 Å². The summed E-state index contributed by atoms with van der Waals surface area (Å²) in [5.41, 5.74) is 3.81. The van der Waals surface area contributed by atoms with Gasteiger partial charge in [-0.05, 0) is 29.7 Å². The average Bonchev–Trinajstić information content (AvgIpc) is 2.43. The quantitative estimate of drug-likeness (QED) is 0.577. The Morgan fingerprint density at radius 2 is 1.79 bits per heavy atom. The number of carbonyl (C=O) groups excluding carboxylic acids is 1. The number of esters is 1. The monoisotopic (exact) mass is 316 g/mol. The first kappa shape index (κ1) is 12.4. The molecule has 2 aromatic carbocycles. The van der Waals surface area contributed by atoms with E-state index >= 15 is 0 Å². The van der Waals surface area contributed by atoms with Gasteiger partial charge in [0.1, 0.15) is 6.10 Å². The Balaban J connectivity index is 2.10. The fourth-order valence-corrected chi connectivity index (χ4v) is 3.52. The Morgan fingerprint density at radius 3 is 2.53 bits per heavy atom. The van der Waals surface area contributed by atoms with Crippen LogP contribution in [-0.2, 0) is 4.74 Å². The summed E-state index contributed by atoms with van der Waals surface area (Å²) in [6, 6.07) is 15.6. The van der Waals surface area contributed by atoms with Crippen molar-refractivity contribution < 1.29 is 9.53 Å². The molecule has 0 saturated heterocycles. The van der Waals surface area contributed by atoms with Crippen LogP contribution in [0.3, 0.4) is 0 Å². The van der Waals surface area contributed by atoms with Gasteiger partial charge in [0.2, 0.25) is 0 Å². The van der Waals surface area contributed by atoms with Gasteiger partial charge in [0.25, 0.3) is 0 Å². The number of carbonyl (C=O) groups is 1. The van der Waals surface area contributed by atoms with Gasteiger partial charge in [-0.2, -0.15) is 0 Å². The fraction of sp³-hybridized carbons (Fsp3) is 0.188. The molecule has 0 amide bonds. The Bertz CT molecular complexity index is 622. The van der Waals surface area contributed by atoms with Crippen molar-refractivity contribution in [2.45, 2.75) is 17.9 Å². The average molecular weight is 317 g/mol. The first-order valence-corrected chi connectivity index (χ1v) is 7.09. The van der Waals surface area contributed by atoms with Gasteiger partial charge >= 0.3 is 5.97 Å². The van der Waals surface area contributed by atoms with Crippen LogP contribution in [0.4, 0.5) is 0 Å². The van der Waals surface area contributed by atoms with Gasteiger partial charge in [-0.15, -0.1) is 0 Å². The second-order valence-corrected chi connectivity index (χ2v) is 5.66. The van der Waals surface area contributed by atoms with Crippen molar-refractivity contribution in [3.8, 4) is 0 Å². The van der Waals surface area contributed by atoms with Gasteiger partial charge in [0.15, 0.2) is 0 Å². The number of cyclic esters (lactones) is 1. The van der Waals surface area contributed by atoms with Crippen LogP contribution in [-0.4, -0.2) is 5.97 Å². The van der Waals surface area contributed by atoms with Crippen molar-refractivity contribution >= 4 is 21.9 Å². The predicted octanol–water partition coefficient (Wildman–Crippen LogP) is 4.34. The number of rotatable bonds is 1. The highest BCUT2D eigenvalue weighted by molar-refractivity contribution is 9.09. The minimum atomic E-state index is -0.276. The fourth-order valence-electron chi connectivity index (χ4n) is 2.49. The first-order valence-electron chi connectivity index (χ1n) is 6.18. The van der Waals surface area contributed by atoms with Crippen LogP contribution in [0.5, 0.6) is 0 Å². The number of hydrogen-bond donors (Lipinski definition) is 0. The third kappa shape index (κ3) is 2.08. The molecule has 1 heterocycles. The third-order valence-corrected chi connectivity index (χ3v) is 4.39. The number of fused-ring (bicyclic) bond motifs is 1. The van der Waals surface area contributed by atoms with Crippen LogP contribution >= 0.6 is 15.9 Å². The summed E-state index contributed by atoms with van der Waals surface area (Å²) in [7, 11) is 0. The molecule has 0 N–H and O–H groups in total. The summed E-state index contributed by atoms with van der Waals surface area (Å²) in [6.07, 6.45) is -0.276. The highest BCUT2D eigenvalue weighted by Crippen LogP contribution is 2.45. The van der Waals surface area contributed by atoms with Crippen LogP contribution in [0, 0.1) is 6.92 Å². The molecule has 2 atom stereocenters. The zero-order valence-corrected chi connectivity index (χ0v) is 12.1. The molecule has 0 unspecified atom stereocenters. The van der Waals surface area contributed by atoms with Crippen molar-refractivity contribution in [3.05, 3.63) is 70.8 Å². The summed E-state index contributed by atoms with van der Waals surface area (Å²) in [5, 5.41) is 0. The topological polar surface area (TPSA) is 26.3 Å². The predicted molar refractivity (Wildman–Crippen MR) is 77.4 cm³/mol. The van der Waals surface area contributed by atoms with Gasteiger partial charge in [-0.1, -0.05) is 58.4 Å². The molecule has 0 radical (unpaired) electrons. The van der Waals surface area contributed by atoms with E-state index in [1.54, 1.807) is 0 Å². The number of ether oxygens (including phenoxy) is 1. The zero-order valence-electron chi connectivity index (χ0n) is 10.5. The maximum Gasteiger partial charge on any atom is 0.339 e. The van der Waals surface area contributed by atoms with Gasteiger partial charge in [-0.3, -0.25) is 0 Å². The molecule has 2 aromatic rings. The molecule has 0 aliphatic carbocycles. The zero-order chi connectivity index (χ0) is 13.4.